The van der Waals surface area contributed by atoms with Gasteiger partial charge in [-0.25, -0.2) is 0 Å². The molecule has 43 heavy (non-hydrogen) atoms. The molecular weight excluding hydrogens is 560 g/mol. The van der Waals surface area contributed by atoms with E-state index in [4.69, 9.17) is 5.73 Å². The standard InChI is InChI=1S/C30H48N4O9/c1-17(2)13-22(33-28(41)20(31)14-18-9-5-3-6-10-18)29(42)34-23(16-35)25(38)26(39)27(40)30(43)32-21(15-24(36)37)19-11-7-4-8-12-19/h4,7-8,11-12,17-18,20-23,25-27,35,38-40H,3,5-6,9-10,13-16,31H2,1-2H3,(H,32,43)(H,33,41)(H,34,42)(H,36,37). The van der Waals surface area contributed by atoms with Crippen molar-refractivity contribution in [3.05, 3.63) is 35.9 Å². The van der Waals surface area contributed by atoms with Gasteiger partial charge in [0.05, 0.1) is 31.2 Å². The summed E-state index contributed by atoms with van der Waals surface area (Å²) in [5, 5.41) is 58.3. The summed E-state index contributed by atoms with van der Waals surface area (Å²) in [5.41, 5.74) is 6.59. The topological polar surface area (TPSA) is 232 Å². The number of nitrogens with two attached hydrogens (primary N) is 1. The van der Waals surface area contributed by atoms with Gasteiger partial charge in [-0.15, -0.1) is 0 Å². The van der Waals surface area contributed by atoms with Crippen LogP contribution in [-0.4, -0.2) is 92.3 Å². The molecule has 242 valence electrons. The van der Waals surface area contributed by atoms with E-state index in [1.807, 2.05) is 13.8 Å². The number of hydrogen-bond acceptors (Lipinski definition) is 9. The molecule has 0 bridgehead atoms. The highest BCUT2D eigenvalue weighted by Crippen LogP contribution is 2.27. The molecule has 0 spiro atoms. The number of aliphatic hydroxyl groups is 4. The van der Waals surface area contributed by atoms with Crippen molar-refractivity contribution in [2.24, 2.45) is 17.6 Å². The molecule has 7 atom stereocenters. The van der Waals surface area contributed by atoms with Crippen molar-refractivity contribution < 1.29 is 44.7 Å². The van der Waals surface area contributed by atoms with Crippen LogP contribution in [0.1, 0.15) is 76.8 Å². The lowest BCUT2D eigenvalue weighted by molar-refractivity contribution is -0.145. The first-order chi connectivity index (χ1) is 20.3. The summed E-state index contributed by atoms with van der Waals surface area (Å²) >= 11 is 0. The van der Waals surface area contributed by atoms with Gasteiger partial charge in [0.1, 0.15) is 18.2 Å². The fourth-order valence-electron chi connectivity index (χ4n) is 5.34. The number of carbonyl (C=O) groups is 4. The molecule has 0 aliphatic heterocycles. The molecule has 1 fully saturated rings. The first-order valence-corrected chi connectivity index (χ1v) is 14.9. The van der Waals surface area contributed by atoms with Crippen LogP contribution in [0.4, 0.5) is 0 Å². The zero-order valence-electron chi connectivity index (χ0n) is 24.9. The number of amides is 3. The minimum atomic E-state index is -2.23. The van der Waals surface area contributed by atoms with E-state index in [-0.39, 0.29) is 12.3 Å². The second-order valence-corrected chi connectivity index (χ2v) is 11.8. The van der Waals surface area contributed by atoms with Crippen LogP contribution in [0.25, 0.3) is 0 Å². The molecule has 13 nitrogen and oxygen atoms in total. The number of carboxylic acid groups (broad SMARTS) is 1. The Bertz CT molecular complexity index is 1040. The highest BCUT2D eigenvalue weighted by Gasteiger charge is 2.38. The first kappa shape index (κ1) is 36.1. The summed E-state index contributed by atoms with van der Waals surface area (Å²) in [7, 11) is 0. The summed E-state index contributed by atoms with van der Waals surface area (Å²) in [6, 6.07) is 3.72. The Labute approximate surface area is 252 Å². The van der Waals surface area contributed by atoms with E-state index in [0.29, 0.717) is 17.9 Å². The number of carbonyl (C=O) groups excluding carboxylic acids is 3. The summed E-state index contributed by atoms with van der Waals surface area (Å²) in [6.07, 6.45) is -0.813. The van der Waals surface area contributed by atoms with Crippen LogP contribution in [0.2, 0.25) is 0 Å². The Morgan fingerprint density at radius 3 is 2.07 bits per heavy atom. The fourth-order valence-corrected chi connectivity index (χ4v) is 5.34. The summed E-state index contributed by atoms with van der Waals surface area (Å²) in [4.78, 5) is 50.1. The van der Waals surface area contributed by atoms with Crippen LogP contribution in [-0.2, 0) is 19.2 Å². The van der Waals surface area contributed by atoms with Crippen molar-refractivity contribution in [2.45, 2.75) is 108 Å². The maximum Gasteiger partial charge on any atom is 0.305 e. The van der Waals surface area contributed by atoms with Gasteiger partial charge in [-0.05, 0) is 30.2 Å². The lowest BCUT2D eigenvalue weighted by atomic mass is 9.85. The van der Waals surface area contributed by atoms with Crippen molar-refractivity contribution in [1.82, 2.24) is 16.0 Å². The van der Waals surface area contributed by atoms with Crippen LogP contribution < -0.4 is 21.7 Å². The van der Waals surface area contributed by atoms with Gasteiger partial charge in [0.2, 0.25) is 11.8 Å². The van der Waals surface area contributed by atoms with E-state index in [2.05, 4.69) is 16.0 Å². The van der Waals surface area contributed by atoms with E-state index in [9.17, 15) is 44.7 Å². The molecule has 1 aliphatic carbocycles. The van der Waals surface area contributed by atoms with Crippen LogP contribution in [0.5, 0.6) is 0 Å². The SMILES string of the molecule is CC(C)CC(NC(=O)C(N)CC1CCCCC1)C(=O)NC(CO)C(O)C(O)C(O)C(=O)NC(CC(=O)O)c1ccccc1. The van der Waals surface area contributed by atoms with Crippen molar-refractivity contribution in [2.75, 3.05) is 6.61 Å². The third-order valence-corrected chi connectivity index (χ3v) is 7.76. The van der Waals surface area contributed by atoms with Gasteiger partial charge in [-0.3, -0.25) is 19.2 Å². The molecular formula is C30H48N4O9. The summed E-state index contributed by atoms with van der Waals surface area (Å²) in [5.74, 6) is -3.30. The average molecular weight is 609 g/mol. The molecule has 0 saturated heterocycles. The van der Waals surface area contributed by atoms with Gasteiger partial charge >= 0.3 is 5.97 Å². The van der Waals surface area contributed by atoms with Crippen LogP contribution in [0, 0.1) is 11.8 Å². The minimum absolute atomic E-state index is 0.0254. The fraction of sp³-hybridized carbons (Fsp3) is 0.667. The molecule has 1 aromatic carbocycles. The smallest absolute Gasteiger partial charge is 0.305 e. The summed E-state index contributed by atoms with van der Waals surface area (Å²) in [6.45, 7) is 2.82. The van der Waals surface area contributed by atoms with Crippen molar-refractivity contribution >= 4 is 23.7 Å². The Kier molecular flexibility index (Phi) is 15.0. The van der Waals surface area contributed by atoms with Gasteiger partial charge in [0, 0.05) is 0 Å². The Balaban J connectivity index is 2.04. The number of benzene rings is 1. The largest absolute Gasteiger partial charge is 0.481 e. The minimum Gasteiger partial charge on any atom is -0.481 e. The van der Waals surface area contributed by atoms with Gasteiger partial charge in [0.25, 0.3) is 5.91 Å². The molecule has 0 heterocycles. The quantitative estimate of drug-likeness (QED) is 0.112. The van der Waals surface area contributed by atoms with Gasteiger partial charge in [-0.2, -0.15) is 0 Å². The second-order valence-electron chi connectivity index (χ2n) is 11.8. The predicted molar refractivity (Wildman–Crippen MR) is 157 cm³/mol. The highest BCUT2D eigenvalue weighted by atomic mass is 16.4. The molecule has 7 unspecified atom stereocenters. The zero-order valence-corrected chi connectivity index (χ0v) is 24.9. The number of aliphatic carboxylic acids is 1. The Morgan fingerprint density at radius 2 is 1.51 bits per heavy atom. The molecule has 0 radical (unpaired) electrons. The van der Waals surface area contributed by atoms with Crippen LogP contribution in [0.3, 0.4) is 0 Å². The van der Waals surface area contributed by atoms with Gasteiger partial charge < -0.3 is 47.2 Å². The summed E-state index contributed by atoms with van der Waals surface area (Å²) < 4.78 is 0. The van der Waals surface area contributed by atoms with Crippen molar-refractivity contribution in [1.29, 1.82) is 0 Å². The molecule has 1 aliphatic rings. The number of hydrogen-bond donors (Lipinski definition) is 9. The van der Waals surface area contributed by atoms with E-state index in [1.165, 1.54) is 6.42 Å². The maximum atomic E-state index is 13.2. The Morgan fingerprint density at radius 1 is 0.884 bits per heavy atom. The number of rotatable bonds is 17. The third-order valence-electron chi connectivity index (χ3n) is 7.76. The van der Waals surface area contributed by atoms with Crippen LogP contribution >= 0.6 is 0 Å². The normalized spacial score (nSPS) is 18.9. The van der Waals surface area contributed by atoms with Crippen molar-refractivity contribution in [3.8, 4) is 0 Å². The number of nitrogens with one attached hydrogen (secondary N) is 3. The predicted octanol–water partition coefficient (Wildman–Crippen LogP) is -0.293. The molecule has 10 N–H and O–H groups in total. The monoisotopic (exact) mass is 608 g/mol. The maximum absolute atomic E-state index is 13.2. The number of carboxylic acids is 1. The Hall–Kier alpha value is -3.10. The van der Waals surface area contributed by atoms with E-state index in [0.717, 1.165) is 25.7 Å². The highest BCUT2D eigenvalue weighted by molar-refractivity contribution is 5.90. The van der Waals surface area contributed by atoms with E-state index in [1.54, 1.807) is 30.3 Å². The molecule has 13 heteroatoms. The number of aliphatic hydroxyl groups excluding tert-OH is 4. The van der Waals surface area contributed by atoms with Gasteiger partial charge in [0.15, 0.2) is 6.10 Å². The second kappa shape index (κ2) is 17.9. The lowest BCUT2D eigenvalue weighted by Crippen LogP contribution is -2.60. The molecule has 0 aromatic heterocycles. The molecule has 3 amide bonds. The molecule has 2 rings (SSSR count). The van der Waals surface area contributed by atoms with Gasteiger partial charge in [-0.1, -0.05) is 76.3 Å². The van der Waals surface area contributed by atoms with Crippen molar-refractivity contribution in [3.63, 3.8) is 0 Å². The average Bonchev–Trinajstić information content (AvgIpc) is 2.98. The molecule has 1 saturated carbocycles. The zero-order chi connectivity index (χ0) is 32.1. The molecule has 1 aromatic rings. The van der Waals surface area contributed by atoms with E-state index < -0.39 is 79.2 Å². The van der Waals surface area contributed by atoms with E-state index >= 15 is 0 Å². The van der Waals surface area contributed by atoms with Crippen LogP contribution in [0.15, 0.2) is 30.3 Å². The lowest BCUT2D eigenvalue weighted by Gasteiger charge is -2.31. The first-order valence-electron chi connectivity index (χ1n) is 14.9. The third kappa shape index (κ3) is 11.8.